The zero-order chi connectivity index (χ0) is 14.1. The van der Waals surface area contributed by atoms with Gasteiger partial charge in [0.1, 0.15) is 5.52 Å². The van der Waals surface area contributed by atoms with Gasteiger partial charge in [0.25, 0.3) is 0 Å². The summed E-state index contributed by atoms with van der Waals surface area (Å²) in [5, 5.41) is 0. The van der Waals surface area contributed by atoms with Crippen molar-refractivity contribution in [2.24, 2.45) is 5.92 Å². The summed E-state index contributed by atoms with van der Waals surface area (Å²) in [5.74, 6) is 1.13. The summed E-state index contributed by atoms with van der Waals surface area (Å²) in [5.41, 5.74) is 8.98. The summed E-state index contributed by atoms with van der Waals surface area (Å²) in [6.45, 7) is 8.79. The number of hydrogen-bond acceptors (Lipinski definition) is 4. The molecule has 0 aliphatic carbocycles. The molecule has 1 fully saturated rings. The Morgan fingerprint density at radius 3 is 2.80 bits per heavy atom. The van der Waals surface area contributed by atoms with Crippen molar-refractivity contribution in [2.75, 3.05) is 25.4 Å². The smallest absolute Gasteiger partial charge is 0.202 e. The van der Waals surface area contributed by atoms with Crippen LogP contribution < -0.4 is 5.73 Å². The molecule has 0 saturated carbocycles. The van der Waals surface area contributed by atoms with Crippen LogP contribution in [0.1, 0.15) is 25.3 Å². The van der Waals surface area contributed by atoms with Crippen LogP contribution in [0.15, 0.2) is 12.3 Å². The lowest BCUT2D eigenvalue weighted by molar-refractivity contribution is 0.273. The van der Waals surface area contributed by atoms with E-state index in [1.807, 2.05) is 19.2 Å². The normalized spacial score (nSPS) is 17.9. The van der Waals surface area contributed by atoms with Gasteiger partial charge in [-0.1, -0.05) is 6.92 Å². The van der Waals surface area contributed by atoms with Gasteiger partial charge in [-0.25, -0.2) is 9.97 Å². The van der Waals surface area contributed by atoms with Crippen molar-refractivity contribution in [2.45, 2.75) is 33.2 Å². The number of anilines is 1. The lowest BCUT2D eigenvalue weighted by atomic mass is 10.1. The summed E-state index contributed by atoms with van der Waals surface area (Å²) in [4.78, 5) is 11.5. The Labute approximate surface area is 119 Å². The SMILES string of the molecule is Cc1cnc2c(c1)nc(N)n2CC(C)CN1CCCC1. The average molecular weight is 273 g/mol. The van der Waals surface area contributed by atoms with Crippen LogP contribution in [0, 0.1) is 12.8 Å². The van der Waals surface area contributed by atoms with Gasteiger partial charge in [0.05, 0.1) is 0 Å². The highest BCUT2D eigenvalue weighted by atomic mass is 15.2. The Kier molecular flexibility index (Phi) is 3.61. The molecule has 5 nitrogen and oxygen atoms in total. The molecule has 1 atom stereocenters. The maximum absolute atomic E-state index is 6.06. The number of rotatable bonds is 4. The van der Waals surface area contributed by atoms with Gasteiger partial charge in [-0.2, -0.15) is 0 Å². The highest BCUT2D eigenvalue weighted by Crippen LogP contribution is 2.19. The van der Waals surface area contributed by atoms with Crippen LogP contribution >= 0.6 is 0 Å². The van der Waals surface area contributed by atoms with Crippen LogP contribution in [-0.2, 0) is 6.54 Å². The first-order valence-electron chi connectivity index (χ1n) is 7.44. The molecule has 20 heavy (non-hydrogen) atoms. The van der Waals surface area contributed by atoms with Crippen LogP contribution in [0.25, 0.3) is 11.2 Å². The molecular formula is C15H23N5. The van der Waals surface area contributed by atoms with Crippen LogP contribution in [0.3, 0.4) is 0 Å². The second-order valence-corrected chi connectivity index (χ2v) is 6.05. The third kappa shape index (κ3) is 2.63. The number of fused-ring (bicyclic) bond motifs is 1. The fourth-order valence-corrected chi connectivity index (χ4v) is 3.08. The van der Waals surface area contributed by atoms with E-state index in [4.69, 9.17) is 5.73 Å². The molecule has 0 aromatic carbocycles. The Hall–Kier alpha value is -1.62. The van der Waals surface area contributed by atoms with Gasteiger partial charge in [0.15, 0.2) is 5.65 Å². The number of aryl methyl sites for hydroxylation is 1. The molecule has 1 unspecified atom stereocenters. The van der Waals surface area contributed by atoms with Crippen molar-refractivity contribution in [3.8, 4) is 0 Å². The first kappa shape index (κ1) is 13.4. The van der Waals surface area contributed by atoms with Crippen LogP contribution in [0.5, 0.6) is 0 Å². The lowest BCUT2D eigenvalue weighted by Gasteiger charge is -2.21. The average Bonchev–Trinajstić information content (AvgIpc) is 2.98. The minimum Gasteiger partial charge on any atom is -0.369 e. The van der Waals surface area contributed by atoms with E-state index in [0.717, 1.165) is 29.8 Å². The predicted molar refractivity (Wildman–Crippen MR) is 81.5 cm³/mol. The Morgan fingerprint density at radius 2 is 2.05 bits per heavy atom. The molecule has 0 amide bonds. The van der Waals surface area contributed by atoms with Gasteiger partial charge in [-0.3, -0.25) is 4.57 Å². The van der Waals surface area contributed by atoms with E-state index in [9.17, 15) is 0 Å². The summed E-state index contributed by atoms with van der Waals surface area (Å²) in [6.07, 6.45) is 4.55. The van der Waals surface area contributed by atoms with E-state index in [-0.39, 0.29) is 0 Å². The number of imidazole rings is 1. The van der Waals surface area contributed by atoms with Crippen molar-refractivity contribution in [3.05, 3.63) is 17.8 Å². The van der Waals surface area contributed by atoms with Crippen LogP contribution in [0.2, 0.25) is 0 Å². The highest BCUT2D eigenvalue weighted by Gasteiger charge is 2.17. The first-order chi connectivity index (χ1) is 9.63. The van der Waals surface area contributed by atoms with Gasteiger partial charge in [-0.05, 0) is 50.4 Å². The monoisotopic (exact) mass is 273 g/mol. The van der Waals surface area contributed by atoms with Crippen molar-refractivity contribution in [1.29, 1.82) is 0 Å². The highest BCUT2D eigenvalue weighted by molar-refractivity contribution is 5.74. The molecule has 5 heteroatoms. The van der Waals surface area contributed by atoms with Crippen LogP contribution in [0.4, 0.5) is 5.95 Å². The van der Waals surface area contributed by atoms with E-state index in [1.54, 1.807) is 0 Å². The van der Waals surface area contributed by atoms with E-state index < -0.39 is 0 Å². The lowest BCUT2D eigenvalue weighted by Crippen LogP contribution is -2.27. The van der Waals surface area contributed by atoms with E-state index in [1.165, 1.54) is 25.9 Å². The second-order valence-electron chi connectivity index (χ2n) is 6.05. The molecule has 3 heterocycles. The quantitative estimate of drug-likeness (QED) is 0.926. The number of likely N-dealkylation sites (tertiary alicyclic amines) is 1. The maximum Gasteiger partial charge on any atom is 0.202 e. The number of nitrogens with zero attached hydrogens (tertiary/aromatic N) is 4. The molecule has 1 aliphatic rings. The molecule has 0 bridgehead atoms. The molecule has 1 aliphatic heterocycles. The van der Waals surface area contributed by atoms with Gasteiger partial charge >= 0.3 is 0 Å². The van der Waals surface area contributed by atoms with E-state index >= 15 is 0 Å². The summed E-state index contributed by atoms with van der Waals surface area (Å²) in [6, 6.07) is 2.04. The summed E-state index contributed by atoms with van der Waals surface area (Å²) < 4.78 is 2.05. The Balaban J connectivity index is 1.77. The maximum atomic E-state index is 6.06. The number of pyridine rings is 1. The van der Waals surface area contributed by atoms with Gasteiger partial charge in [-0.15, -0.1) is 0 Å². The summed E-state index contributed by atoms with van der Waals surface area (Å²) >= 11 is 0. The van der Waals surface area contributed by atoms with Gasteiger partial charge in [0, 0.05) is 19.3 Å². The molecule has 108 valence electrons. The zero-order valence-corrected chi connectivity index (χ0v) is 12.3. The Bertz CT molecular complexity index is 598. The summed E-state index contributed by atoms with van der Waals surface area (Å²) in [7, 11) is 0. The minimum atomic E-state index is 0.552. The zero-order valence-electron chi connectivity index (χ0n) is 12.3. The largest absolute Gasteiger partial charge is 0.369 e. The van der Waals surface area contributed by atoms with Crippen molar-refractivity contribution in [1.82, 2.24) is 19.4 Å². The number of aromatic nitrogens is 3. The van der Waals surface area contributed by atoms with Crippen molar-refractivity contribution < 1.29 is 0 Å². The first-order valence-corrected chi connectivity index (χ1v) is 7.44. The molecule has 1 saturated heterocycles. The minimum absolute atomic E-state index is 0.552. The molecule has 3 rings (SSSR count). The standard InChI is InChI=1S/C15H23N5/c1-11-7-13-14(17-8-11)20(15(16)18-13)10-12(2)9-19-5-3-4-6-19/h7-8,12H,3-6,9-10H2,1-2H3,(H2,16,18). The molecular weight excluding hydrogens is 250 g/mol. The number of hydrogen-bond donors (Lipinski definition) is 1. The fourth-order valence-electron chi connectivity index (χ4n) is 3.08. The third-order valence-electron chi connectivity index (χ3n) is 4.01. The van der Waals surface area contributed by atoms with E-state index in [0.29, 0.717) is 11.9 Å². The third-order valence-corrected chi connectivity index (χ3v) is 4.01. The second kappa shape index (κ2) is 5.40. The molecule has 2 N–H and O–H groups in total. The number of nitrogens with two attached hydrogens (primary N) is 1. The van der Waals surface area contributed by atoms with E-state index in [2.05, 4.69) is 26.4 Å². The van der Waals surface area contributed by atoms with Gasteiger partial charge in [0.2, 0.25) is 5.95 Å². The van der Waals surface area contributed by atoms with Gasteiger partial charge < -0.3 is 10.6 Å². The van der Waals surface area contributed by atoms with Crippen molar-refractivity contribution >= 4 is 17.1 Å². The fraction of sp³-hybridized carbons (Fsp3) is 0.600. The Morgan fingerprint density at radius 1 is 1.30 bits per heavy atom. The van der Waals surface area contributed by atoms with Crippen molar-refractivity contribution in [3.63, 3.8) is 0 Å². The topological polar surface area (TPSA) is 60.0 Å². The molecule has 0 spiro atoms. The predicted octanol–water partition coefficient (Wildman–Crippen LogP) is 2.05. The molecule has 2 aromatic heterocycles. The number of nitrogen functional groups attached to an aromatic ring is 1. The van der Waals surface area contributed by atoms with Crippen LogP contribution in [-0.4, -0.2) is 39.1 Å². The molecule has 0 radical (unpaired) electrons. The molecule has 2 aromatic rings.